The van der Waals surface area contributed by atoms with E-state index in [1.54, 1.807) is 6.07 Å². The standard InChI is InChI=1S/C18H24N4O4S/c1-2-6-14-16-13(11-15(12-7-8-12)19-18(16)26-20-14)17(23)21-27(24,25)22-9-4-3-5-10-22/h11-12H,2-10H2,1H3,(H,21,23). The van der Waals surface area contributed by atoms with Gasteiger partial charge in [0.2, 0.25) is 0 Å². The quantitative estimate of drug-likeness (QED) is 0.810. The Bertz CT molecular complexity index is 959. The van der Waals surface area contributed by atoms with Crippen molar-refractivity contribution in [2.75, 3.05) is 13.1 Å². The number of nitrogens with one attached hydrogen (secondary N) is 1. The number of carbonyl (C=O) groups excluding carboxylic acids is 1. The highest BCUT2D eigenvalue weighted by Gasteiger charge is 2.31. The predicted octanol–water partition coefficient (Wildman–Crippen LogP) is 2.51. The third kappa shape index (κ3) is 3.70. The minimum absolute atomic E-state index is 0.284. The number of hydrogen-bond acceptors (Lipinski definition) is 6. The van der Waals surface area contributed by atoms with E-state index in [2.05, 4.69) is 14.9 Å². The molecule has 4 rings (SSSR count). The molecule has 1 amide bonds. The number of fused-ring (bicyclic) bond motifs is 1. The van der Waals surface area contributed by atoms with Crippen LogP contribution in [0.4, 0.5) is 0 Å². The van der Waals surface area contributed by atoms with Gasteiger partial charge in [0.05, 0.1) is 16.6 Å². The zero-order valence-electron chi connectivity index (χ0n) is 15.4. The molecular formula is C18H24N4O4S. The van der Waals surface area contributed by atoms with Crippen LogP contribution >= 0.6 is 0 Å². The van der Waals surface area contributed by atoms with Gasteiger partial charge in [-0.3, -0.25) is 4.79 Å². The first-order chi connectivity index (χ1) is 13.0. The zero-order valence-corrected chi connectivity index (χ0v) is 16.2. The van der Waals surface area contributed by atoms with Crippen molar-refractivity contribution in [2.24, 2.45) is 0 Å². The molecule has 27 heavy (non-hydrogen) atoms. The van der Waals surface area contributed by atoms with E-state index in [1.807, 2.05) is 6.92 Å². The molecule has 2 aliphatic rings. The Kier molecular flexibility index (Phi) is 4.90. The van der Waals surface area contributed by atoms with E-state index in [0.29, 0.717) is 42.2 Å². The van der Waals surface area contributed by atoms with Gasteiger partial charge in [-0.05, 0) is 38.2 Å². The fourth-order valence-corrected chi connectivity index (χ4v) is 4.76. The van der Waals surface area contributed by atoms with Crippen molar-refractivity contribution in [3.05, 3.63) is 23.0 Å². The molecule has 1 saturated heterocycles. The van der Waals surface area contributed by atoms with Crippen molar-refractivity contribution in [1.29, 1.82) is 0 Å². The summed E-state index contributed by atoms with van der Waals surface area (Å²) in [6.07, 6.45) is 6.13. The van der Waals surface area contributed by atoms with E-state index in [4.69, 9.17) is 4.52 Å². The maximum atomic E-state index is 13.0. The Morgan fingerprint density at radius 3 is 2.70 bits per heavy atom. The third-order valence-electron chi connectivity index (χ3n) is 5.14. The number of nitrogens with zero attached hydrogens (tertiary/aromatic N) is 3. The number of pyridine rings is 1. The highest BCUT2D eigenvalue weighted by molar-refractivity contribution is 7.87. The summed E-state index contributed by atoms with van der Waals surface area (Å²) in [6, 6.07) is 1.71. The van der Waals surface area contributed by atoms with Crippen LogP contribution in [0.25, 0.3) is 11.1 Å². The van der Waals surface area contributed by atoms with Crippen LogP contribution in [-0.2, 0) is 16.6 Å². The van der Waals surface area contributed by atoms with E-state index in [0.717, 1.165) is 44.2 Å². The van der Waals surface area contributed by atoms with E-state index < -0.39 is 16.1 Å². The van der Waals surface area contributed by atoms with Crippen LogP contribution in [0.5, 0.6) is 0 Å². The molecule has 1 aliphatic heterocycles. The molecule has 1 saturated carbocycles. The van der Waals surface area contributed by atoms with E-state index in [9.17, 15) is 13.2 Å². The largest absolute Gasteiger partial charge is 0.336 e. The van der Waals surface area contributed by atoms with Crippen LogP contribution in [0.15, 0.2) is 10.6 Å². The fourth-order valence-electron chi connectivity index (χ4n) is 3.55. The Labute approximate surface area is 158 Å². The summed E-state index contributed by atoms with van der Waals surface area (Å²) < 4.78 is 34.2. The second kappa shape index (κ2) is 7.20. The van der Waals surface area contributed by atoms with Crippen LogP contribution in [0.2, 0.25) is 0 Å². The lowest BCUT2D eigenvalue weighted by Crippen LogP contribution is -2.45. The monoisotopic (exact) mass is 392 g/mol. The van der Waals surface area contributed by atoms with Gasteiger partial charge in [-0.1, -0.05) is 24.9 Å². The van der Waals surface area contributed by atoms with Crippen LogP contribution in [-0.4, -0.2) is 41.9 Å². The topological polar surface area (TPSA) is 105 Å². The molecule has 146 valence electrons. The number of rotatable bonds is 6. The number of aromatic nitrogens is 2. The summed E-state index contributed by atoms with van der Waals surface area (Å²) in [5.74, 6) is -0.338. The van der Waals surface area contributed by atoms with Gasteiger partial charge < -0.3 is 4.52 Å². The van der Waals surface area contributed by atoms with Crippen molar-refractivity contribution < 1.29 is 17.7 Å². The van der Waals surface area contributed by atoms with E-state index >= 15 is 0 Å². The Balaban J connectivity index is 1.70. The smallest absolute Gasteiger partial charge is 0.304 e. The van der Waals surface area contributed by atoms with Crippen LogP contribution < -0.4 is 4.72 Å². The van der Waals surface area contributed by atoms with Gasteiger partial charge in [0, 0.05) is 24.7 Å². The first-order valence-electron chi connectivity index (χ1n) is 9.61. The number of piperidine rings is 1. The highest BCUT2D eigenvalue weighted by Crippen LogP contribution is 2.40. The molecule has 3 heterocycles. The molecule has 0 bridgehead atoms. The minimum atomic E-state index is -3.86. The van der Waals surface area contributed by atoms with Gasteiger partial charge in [0.15, 0.2) is 0 Å². The zero-order chi connectivity index (χ0) is 19.0. The molecule has 1 aliphatic carbocycles. The molecule has 0 atom stereocenters. The predicted molar refractivity (Wildman–Crippen MR) is 99.6 cm³/mol. The normalized spacial score (nSPS) is 18.7. The molecule has 0 spiro atoms. The summed E-state index contributed by atoms with van der Waals surface area (Å²) in [4.78, 5) is 17.5. The first kappa shape index (κ1) is 18.4. The average Bonchev–Trinajstić information content (AvgIpc) is 3.44. The summed E-state index contributed by atoms with van der Waals surface area (Å²) in [7, 11) is -3.86. The molecular weight excluding hydrogens is 368 g/mol. The fraction of sp³-hybridized carbons (Fsp3) is 0.611. The Morgan fingerprint density at radius 2 is 2.04 bits per heavy atom. The van der Waals surface area contributed by atoms with Gasteiger partial charge >= 0.3 is 10.2 Å². The minimum Gasteiger partial charge on any atom is -0.336 e. The number of hydrogen-bond donors (Lipinski definition) is 1. The first-order valence-corrected chi connectivity index (χ1v) is 11.0. The lowest BCUT2D eigenvalue weighted by Gasteiger charge is -2.25. The number of amides is 1. The maximum absolute atomic E-state index is 13.0. The third-order valence-corrected chi connectivity index (χ3v) is 6.63. The van der Waals surface area contributed by atoms with Crippen LogP contribution in [0, 0.1) is 0 Å². The SMILES string of the molecule is CCCc1noc2nc(C3CC3)cc(C(=O)NS(=O)(=O)N3CCCCC3)c12. The van der Waals surface area contributed by atoms with Crippen molar-refractivity contribution in [3.8, 4) is 0 Å². The van der Waals surface area contributed by atoms with Crippen LogP contribution in [0.3, 0.4) is 0 Å². The summed E-state index contributed by atoms with van der Waals surface area (Å²) in [5.41, 5.74) is 2.00. The molecule has 9 heteroatoms. The van der Waals surface area contributed by atoms with Gasteiger partial charge in [-0.25, -0.2) is 9.71 Å². The van der Waals surface area contributed by atoms with Crippen molar-refractivity contribution >= 4 is 27.2 Å². The van der Waals surface area contributed by atoms with Crippen LogP contribution in [0.1, 0.15) is 73.1 Å². The molecule has 0 unspecified atom stereocenters. The molecule has 0 radical (unpaired) electrons. The summed E-state index contributed by atoms with van der Waals surface area (Å²) >= 11 is 0. The second-order valence-electron chi connectivity index (χ2n) is 7.32. The maximum Gasteiger partial charge on any atom is 0.304 e. The average molecular weight is 392 g/mol. The number of aryl methyl sites for hydroxylation is 1. The van der Waals surface area contributed by atoms with Crippen molar-refractivity contribution in [2.45, 2.75) is 57.8 Å². The molecule has 0 aromatic carbocycles. The molecule has 2 fully saturated rings. The Morgan fingerprint density at radius 1 is 1.30 bits per heavy atom. The second-order valence-corrected chi connectivity index (χ2v) is 8.99. The lowest BCUT2D eigenvalue weighted by atomic mass is 10.1. The molecule has 2 aromatic heterocycles. The van der Waals surface area contributed by atoms with E-state index in [-0.39, 0.29) is 5.56 Å². The highest BCUT2D eigenvalue weighted by atomic mass is 32.2. The summed E-state index contributed by atoms with van der Waals surface area (Å²) in [5, 5.41) is 4.58. The lowest BCUT2D eigenvalue weighted by molar-refractivity contribution is 0.0980. The van der Waals surface area contributed by atoms with Crippen molar-refractivity contribution in [1.82, 2.24) is 19.2 Å². The van der Waals surface area contributed by atoms with E-state index in [1.165, 1.54) is 4.31 Å². The Hall–Kier alpha value is -2.00. The summed E-state index contributed by atoms with van der Waals surface area (Å²) in [6.45, 7) is 2.89. The van der Waals surface area contributed by atoms with Crippen molar-refractivity contribution in [3.63, 3.8) is 0 Å². The van der Waals surface area contributed by atoms with Gasteiger partial charge in [0.25, 0.3) is 11.6 Å². The van der Waals surface area contributed by atoms with Gasteiger partial charge in [-0.15, -0.1) is 0 Å². The number of carbonyl (C=O) groups is 1. The molecule has 1 N–H and O–H groups in total. The molecule has 2 aromatic rings. The van der Waals surface area contributed by atoms with Gasteiger partial charge in [-0.2, -0.15) is 12.7 Å². The van der Waals surface area contributed by atoms with Gasteiger partial charge in [0.1, 0.15) is 0 Å². The molecule has 8 nitrogen and oxygen atoms in total.